The van der Waals surface area contributed by atoms with Gasteiger partial charge in [-0.25, -0.2) is 0 Å². The van der Waals surface area contributed by atoms with Crippen molar-refractivity contribution in [3.8, 4) is 22.5 Å². The summed E-state index contributed by atoms with van der Waals surface area (Å²) in [7, 11) is 0. The number of hydrogen-bond acceptors (Lipinski definition) is 4. The number of benzene rings is 1. The quantitative estimate of drug-likeness (QED) is 0.382. The minimum Gasteiger partial charge on any atom is -0.258 e. The first-order valence-electron chi connectivity index (χ1n) is 6.90. The lowest BCUT2D eigenvalue weighted by Gasteiger charge is -2.05. The number of halogens is 1. The third kappa shape index (κ3) is 3.43. The van der Waals surface area contributed by atoms with Gasteiger partial charge < -0.3 is 0 Å². The summed E-state index contributed by atoms with van der Waals surface area (Å²) in [6.45, 7) is 0. The average Bonchev–Trinajstić information content (AvgIpc) is 2.62. The second-order valence-corrected chi connectivity index (χ2v) is 5.45. The van der Waals surface area contributed by atoms with E-state index in [1.165, 1.54) is 6.07 Å². The highest BCUT2D eigenvalue weighted by atomic mass is 79.9. The molecule has 0 spiro atoms. The molecule has 23 heavy (non-hydrogen) atoms. The van der Waals surface area contributed by atoms with Gasteiger partial charge >= 0.3 is 0 Å². The molecule has 0 amide bonds. The molecule has 5 nitrogen and oxygen atoms in total. The van der Waals surface area contributed by atoms with Gasteiger partial charge in [-0.2, -0.15) is 0 Å². The minimum absolute atomic E-state index is 0.0678. The number of rotatable bonds is 4. The number of non-ortho nitro benzene ring substituents is 1. The molecular formula is C17H12BrN3O2. The van der Waals surface area contributed by atoms with Crippen molar-refractivity contribution in [1.82, 2.24) is 9.97 Å². The van der Waals surface area contributed by atoms with Gasteiger partial charge in [-0.1, -0.05) is 40.2 Å². The largest absolute Gasteiger partial charge is 0.270 e. The van der Waals surface area contributed by atoms with Crippen LogP contribution in [-0.4, -0.2) is 14.9 Å². The second kappa shape index (κ2) is 6.66. The molecule has 0 aliphatic heterocycles. The maximum absolute atomic E-state index is 10.9. The molecule has 0 radical (unpaired) electrons. The van der Waals surface area contributed by atoms with Crippen molar-refractivity contribution in [1.29, 1.82) is 0 Å². The molecule has 0 saturated carbocycles. The molecular weight excluding hydrogens is 358 g/mol. The first kappa shape index (κ1) is 15.3. The monoisotopic (exact) mass is 369 g/mol. The SMILES string of the molecule is O=[N+]([O-])c1cccc(-c2ccc(-c3cccc(CBr)n3)nc2)c1. The number of pyridine rings is 2. The van der Waals surface area contributed by atoms with E-state index >= 15 is 0 Å². The molecule has 6 heteroatoms. The Hall–Kier alpha value is -2.60. The summed E-state index contributed by atoms with van der Waals surface area (Å²) in [4.78, 5) is 19.4. The van der Waals surface area contributed by atoms with Gasteiger partial charge in [0, 0.05) is 29.2 Å². The Bertz CT molecular complexity index is 850. The van der Waals surface area contributed by atoms with E-state index in [0.717, 1.165) is 28.2 Å². The van der Waals surface area contributed by atoms with Gasteiger partial charge in [0.25, 0.3) is 5.69 Å². The van der Waals surface area contributed by atoms with Crippen molar-refractivity contribution in [2.75, 3.05) is 0 Å². The van der Waals surface area contributed by atoms with Crippen LogP contribution in [0.3, 0.4) is 0 Å². The Morgan fingerprint density at radius 2 is 1.83 bits per heavy atom. The molecule has 0 aliphatic rings. The molecule has 2 heterocycles. The fourth-order valence-electron chi connectivity index (χ4n) is 2.21. The summed E-state index contributed by atoms with van der Waals surface area (Å²) in [5.74, 6) is 0. The van der Waals surface area contributed by atoms with Crippen LogP contribution >= 0.6 is 15.9 Å². The van der Waals surface area contributed by atoms with Crippen LogP contribution in [0.25, 0.3) is 22.5 Å². The zero-order chi connectivity index (χ0) is 16.2. The zero-order valence-corrected chi connectivity index (χ0v) is 13.6. The van der Waals surface area contributed by atoms with Crippen LogP contribution in [0.4, 0.5) is 5.69 Å². The van der Waals surface area contributed by atoms with E-state index in [9.17, 15) is 10.1 Å². The van der Waals surface area contributed by atoms with Crippen molar-refractivity contribution in [2.45, 2.75) is 5.33 Å². The summed E-state index contributed by atoms with van der Waals surface area (Å²) in [5, 5.41) is 11.5. The van der Waals surface area contributed by atoms with E-state index in [0.29, 0.717) is 5.33 Å². The number of nitro groups is 1. The number of hydrogen-bond donors (Lipinski definition) is 0. The fraction of sp³-hybridized carbons (Fsp3) is 0.0588. The third-order valence-corrected chi connectivity index (χ3v) is 3.93. The van der Waals surface area contributed by atoms with Crippen molar-refractivity contribution in [2.24, 2.45) is 0 Å². The summed E-state index contributed by atoms with van der Waals surface area (Å²) >= 11 is 3.39. The normalized spacial score (nSPS) is 10.5. The van der Waals surface area contributed by atoms with Gasteiger partial charge in [0.05, 0.1) is 22.0 Å². The van der Waals surface area contributed by atoms with Gasteiger partial charge in [0.2, 0.25) is 0 Å². The first-order chi connectivity index (χ1) is 11.2. The van der Waals surface area contributed by atoms with E-state index in [1.54, 1.807) is 18.3 Å². The van der Waals surface area contributed by atoms with Gasteiger partial charge in [-0.15, -0.1) is 0 Å². The van der Waals surface area contributed by atoms with Crippen LogP contribution < -0.4 is 0 Å². The Morgan fingerprint density at radius 1 is 1.00 bits per heavy atom. The summed E-state index contributed by atoms with van der Waals surface area (Å²) in [6.07, 6.45) is 1.71. The predicted molar refractivity (Wildman–Crippen MR) is 92.2 cm³/mol. The number of aromatic nitrogens is 2. The standard InChI is InChI=1S/C17H12BrN3O2/c18-10-14-4-2-6-17(20-14)16-8-7-13(11-19-16)12-3-1-5-15(9-12)21(22)23/h1-9,11H,10H2. The molecule has 0 bridgehead atoms. The van der Waals surface area contributed by atoms with E-state index < -0.39 is 4.92 Å². The van der Waals surface area contributed by atoms with E-state index in [1.807, 2.05) is 36.4 Å². The van der Waals surface area contributed by atoms with E-state index in [4.69, 9.17) is 0 Å². The second-order valence-electron chi connectivity index (χ2n) is 4.89. The Balaban J connectivity index is 1.93. The lowest BCUT2D eigenvalue weighted by molar-refractivity contribution is -0.384. The Kier molecular flexibility index (Phi) is 4.43. The van der Waals surface area contributed by atoms with Gasteiger partial charge in [-0.05, 0) is 23.8 Å². The summed E-state index contributed by atoms with van der Waals surface area (Å²) in [6, 6.07) is 16.1. The number of alkyl halides is 1. The van der Waals surface area contributed by atoms with Crippen molar-refractivity contribution < 1.29 is 4.92 Å². The molecule has 3 rings (SSSR count). The first-order valence-corrected chi connectivity index (χ1v) is 8.02. The van der Waals surface area contributed by atoms with Crippen LogP contribution in [0, 0.1) is 10.1 Å². The van der Waals surface area contributed by atoms with Crippen LogP contribution in [0.1, 0.15) is 5.69 Å². The lowest BCUT2D eigenvalue weighted by Crippen LogP contribution is -1.92. The van der Waals surface area contributed by atoms with E-state index in [2.05, 4.69) is 25.9 Å². The van der Waals surface area contributed by atoms with E-state index in [-0.39, 0.29) is 5.69 Å². The van der Waals surface area contributed by atoms with Gasteiger partial charge in [-0.3, -0.25) is 20.1 Å². The third-order valence-electron chi connectivity index (χ3n) is 3.36. The van der Waals surface area contributed by atoms with Crippen molar-refractivity contribution >= 4 is 21.6 Å². The van der Waals surface area contributed by atoms with Crippen molar-refractivity contribution in [3.05, 3.63) is 76.6 Å². The highest BCUT2D eigenvalue weighted by molar-refractivity contribution is 9.08. The van der Waals surface area contributed by atoms with Crippen LogP contribution in [0.15, 0.2) is 60.8 Å². The van der Waals surface area contributed by atoms with Crippen LogP contribution in [0.2, 0.25) is 0 Å². The molecule has 0 unspecified atom stereocenters. The predicted octanol–water partition coefficient (Wildman–Crippen LogP) is 4.61. The topological polar surface area (TPSA) is 68.9 Å². The molecule has 0 fully saturated rings. The van der Waals surface area contributed by atoms with Crippen LogP contribution in [0.5, 0.6) is 0 Å². The number of nitrogens with zero attached hydrogens (tertiary/aromatic N) is 3. The highest BCUT2D eigenvalue weighted by Gasteiger charge is 2.08. The molecule has 3 aromatic rings. The van der Waals surface area contributed by atoms with Gasteiger partial charge in [0.15, 0.2) is 0 Å². The minimum atomic E-state index is -0.402. The molecule has 0 N–H and O–H groups in total. The van der Waals surface area contributed by atoms with Crippen molar-refractivity contribution in [3.63, 3.8) is 0 Å². The molecule has 2 aromatic heterocycles. The maximum atomic E-state index is 10.9. The molecule has 1 aromatic carbocycles. The lowest BCUT2D eigenvalue weighted by atomic mass is 10.1. The Labute approximate surface area is 141 Å². The van der Waals surface area contributed by atoms with Gasteiger partial charge in [0.1, 0.15) is 0 Å². The Morgan fingerprint density at radius 3 is 2.52 bits per heavy atom. The molecule has 0 aliphatic carbocycles. The summed E-state index contributed by atoms with van der Waals surface area (Å²) in [5.41, 5.74) is 4.16. The smallest absolute Gasteiger partial charge is 0.258 e. The molecule has 0 atom stereocenters. The maximum Gasteiger partial charge on any atom is 0.270 e. The molecule has 114 valence electrons. The average molecular weight is 370 g/mol. The summed E-state index contributed by atoms with van der Waals surface area (Å²) < 4.78 is 0. The highest BCUT2D eigenvalue weighted by Crippen LogP contribution is 2.25. The molecule has 0 saturated heterocycles. The zero-order valence-electron chi connectivity index (χ0n) is 12.0. The number of nitro benzene ring substituents is 1. The van der Waals surface area contributed by atoms with Crippen LogP contribution in [-0.2, 0) is 5.33 Å². The fourth-order valence-corrected chi connectivity index (χ4v) is 2.52.